The molecule has 0 saturated carbocycles. The molecule has 0 bridgehead atoms. The fourth-order valence-electron chi connectivity index (χ4n) is 2.02. The summed E-state index contributed by atoms with van der Waals surface area (Å²) in [5.74, 6) is -0.796. The SMILES string of the molecule is CCCCN(CC(F)(F)F)C(=O)c1ccc(S(=O)(=O)N(C)OC)cc1. The van der Waals surface area contributed by atoms with Crippen LogP contribution in [0.25, 0.3) is 0 Å². The highest BCUT2D eigenvalue weighted by Gasteiger charge is 2.33. The van der Waals surface area contributed by atoms with Crippen LogP contribution in [0.1, 0.15) is 30.1 Å². The minimum Gasteiger partial charge on any atom is -0.330 e. The molecule has 0 N–H and O–H groups in total. The average Bonchev–Trinajstić information content (AvgIpc) is 2.56. The minimum absolute atomic E-state index is 0.0145. The molecule has 1 aromatic rings. The van der Waals surface area contributed by atoms with Gasteiger partial charge in [-0.05, 0) is 30.7 Å². The lowest BCUT2D eigenvalue weighted by atomic mass is 10.2. The fraction of sp³-hybridized carbons (Fsp3) is 0.533. The molecule has 0 aliphatic heterocycles. The van der Waals surface area contributed by atoms with Gasteiger partial charge in [0.25, 0.3) is 15.9 Å². The summed E-state index contributed by atoms with van der Waals surface area (Å²) in [5.41, 5.74) is -0.0145. The van der Waals surface area contributed by atoms with Crippen molar-refractivity contribution in [1.82, 2.24) is 9.37 Å². The fourth-order valence-corrected chi connectivity index (χ4v) is 2.99. The van der Waals surface area contributed by atoms with Gasteiger partial charge in [0.2, 0.25) is 0 Å². The van der Waals surface area contributed by atoms with Crippen LogP contribution in [-0.2, 0) is 14.9 Å². The van der Waals surface area contributed by atoms with E-state index in [2.05, 4.69) is 4.84 Å². The van der Waals surface area contributed by atoms with Crippen LogP contribution >= 0.6 is 0 Å². The van der Waals surface area contributed by atoms with Gasteiger partial charge in [0.1, 0.15) is 6.54 Å². The number of hydrogen-bond acceptors (Lipinski definition) is 4. The Morgan fingerprint density at radius 3 is 2.20 bits per heavy atom. The molecule has 0 aliphatic rings. The van der Waals surface area contributed by atoms with E-state index >= 15 is 0 Å². The summed E-state index contributed by atoms with van der Waals surface area (Å²) in [6.07, 6.45) is -3.43. The van der Waals surface area contributed by atoms with E-state index in [0.29, 0.717) is 22.2 Å². The topological polar surface area (TPSA) is 66.9 Å². The summed E-state index contributed by atoms with van der Waals surface area (Å²) in [6.45, 7) is 0.432. The quantitative estimate of drug-likeness (QED) is 0.649. The van der Waals surface area contributed by atoms with E-state index in [4.69, 9.17) is 0 Å². The van der Waals surface area contributed by atoms with Crippen molar-refractivity contribution in [2.75, 3.05) is 27.2 Å². The molecule has 0 heterocycles. The number of amides is 1. The number of unbranched alkanes of at least 4 members (excludes halogenated alkanes) is 1. The Kier molecular flexibility index (Phi) is 7.39. The van der Waals surface area contributed by atoms with Crippen LogP contribution in [0.3, 0.4) is 0 Å². The van der Waals surface area contributed by atoms with Crippen molar-refractivity contribution < 1.29 is 31.2 Å². The highest BCUT2D eigenvalue weighted by atomic mass is 32.2. The lowest BCUT2D eigenvalue weighted by Gasteiger charge is -2.24. The van der Waals surface area contributed by atoms with Gasteiger partial charge in [0, 0.05) is 19.2 Å². The average molecular weight is 382 g/mol. The first-order valence-corrected chi connectivity index (χ1v) is 8.96. The third kappa shape index (κ3) is 5.98. The van der Waals surface area contributed by atoms with Crippen LogP contribution in [0.4, 0.5) is 13.2 Å². The number of carbonyl (C=O) groups excluding carboxylic acids is 1. The first-order chi connectivity index (χ1) is 11.5. The molecule has 25 heavy (non-hydrogen) atoms. The number of sulfonamides is 1. The molecule has 0 aromatic heterocycles. The van der Waals surface area contributed by atoms with Gasteiger partial charge in [-0.25, -0.2) is 8.42 Å². The maximum atomic E-state index is 12.7. The Hall–Kier alpha value is -1.65. The number of halogens is 3. The molecule has 0 atom stereocenters. The van der Waals surface area contributed by atoms with Gasteiger partial charge in [0.15, 0.2) is 0 Å². The lowest BCUT2D eigenvalue weighted by molar-refractivity contribution is -0.140. The molecule has 1 aromatic carbocycles. The molecule has 6 nitrogen and oxygen atoms in total. The van der Waals surface area contributed by atoms with Crippen molar-refractivity contribution in [1.29, 1.82) is 0 Å². The van der Waals surface area contributed by atoms with E-state index in [9.17, 15) is 26.4 Å². The number of carbonyl (C=O) groups is 1. The van der Waals surface area contributed by atoms with Crippen LogP contribution in [0.5, 0.6) is 0 Å². The Morgan fingerprint density at radius 1 is 1.20 bits per heavy atom. The molecule has 0 spiro atoms. The molecule has 142 valence electrons. The highest BCUT2D eigenvalue weighted by Crippen LogP contribution is 2.20. The maximum absolute atomic E-state index is 12.7. The molecular weight excluding hydrogens is 361 g/mol. The van der Waals surface area contributed by atoms with Crippen molar-refractivity contribution in [2.45, 2.75) is 30.8 Å². The Morgan fingerprint density at radius 2 is 1.76 bits per heavy atom. The second-order valence-corrected chi connectivity index (χ2v) is 7.25. The van der Waals surface area contributed by atoms with Gasteiger partial charge >= 0.3 is 6.18 Å². The van der Waals surface area contributed by atoms with Gasteiger partial charge in [-0.3, -0.25) is 9.63 Å². The third-order valence-electron chi connectivity index (χ3n) is 3.43. The molecule has 1 amide bonds. The molecule has 1 rings (SSSR count). The predicted molar refractivity (Wildman–Crippen MR) is 85.3 cm³/mol. The van der Waals surface area contributed by atoms with Crippen molar-refractivity contribution >= 4 is 15.9 Å². The zero-order valence-electron chi connectivity index (χ0n) is 14.2. The Bertz CT molecular complexity index is 675. The zero-order valence-corrected chi connectivity index (χ0v) is 15.0. The summed E-state index contributed by atoms with van der Waals surface area (Å²) < 4.78 is 62.8. The summed E-state index contributed by atoms with van der Waals surface area (Å²) in [6, 6.07) is 4.69. The molecular formula is C15H21F3N2O4S. The first-order valence-electron chi connectivity index (χ1n) is 7.52. The second-order valence-electron chi connectivity index (χ2n) is 5.32. The van der Waals surface area contributed by atoms with Crippen molar-refractivity contribution in [3.05, 3.63) is 29.8 Å². The van der Waals surface area contributed by atoms with E-state index in [-0.39, 0.29) is 17.0 Å². The minimum atomic E-state index is -4.51. The van der Waals surface area contributed by atoms with E-state index in [1.165, 1.54) is 26.3 Å². The van der Waals surface area contributed by atoms with Crippen molar-refractivity contribution in [3.8, 4) is 0 Å². The van der Waals surface area contributed by atoms with Crippen LogP contribution in [0, 0.1) is 0 Å². The molecule has 0 fully saturated rings. The molecule has 0 unspecified atom stereocenters. The van der Waals surface area contributed by atoms with Crippen LogP contribution in [0.2, 0.25) is 0 Å². The highest BCUT2D eigenvalue weighted by molar-refractivity contribution is 7.89. The standard InChI is InChI=1S/C15H21F3N2O4S/c1-4-5-10-20(11-15(16,17)18)14(21)12-6-8-13(9-7-12)25(22,23)19(2)24-3/h6-9H,4-5,10-11H2,1-3H3. The van der Waals surface area contributed by atoms with Crippen LogP contribution in [0.15, 0.2) is 29.2 Å². The van der Waals surface area contributed by atoms with E-state index in [1.807, 2.05) is 6.92 Å². The maximum Gasteiger partial charge on any atom is 0.406 e. The van der Waals surface area contributed by atoms with Gasteiger partial charge < -0.3 is 4.90 Å². The monoisotopic (exact) mass is 382 g/mol. The van der Waals surface area contributed by atoms with Crippen molar-refractivity contribution in [3.63, 3.8) is 0 Å². The normalized spacial score (nSPS) is 12.4. The number of nitrogens with zero attached hydrogens (tertiary/aromatic N) is 2. The predicted octanol–water partition coefficient (Wildman–Crippen LogP) is 2.67. The Labute approximate surface area is 145 Å². The number of hydroxylamine groups is 1. The van der Waals surface area contributed by atoms with E-state index in [0.717, 1.165) is 12.1 Å². The number of rotatable bonds is 8. The van der Waals surface area contributed by atoms with Gasteiger partial charge in [0.05, 0.1) is 12.0 Å². The lowest BCUT2D eigenvalue weighted by Crippen LogP contribution is -2.39. The first kappa shape index (κ1) is 21.4. The largest absolute Gasteiger partial charge is 0.406 e. The van der Waals surface area contributed by atoms with Gasteiger partial charge in [-0.2, -0.15) is 13.2 Å². The molecule has 0 radical (unpaired) electrons. The van der Waals surface area contributed by atoms with Gasteiger partial charge in [-0.1, -0.05) is 17.8 Å². The summed E-state index contributed by atoms with van der Waals surface area (Å²) in [7, 11) is -1.51. The van der Waals surface area contributed by atoms with E-state index in [1.54, 1.807) is 0 Å². The number of alkyl halides is 3. The van der Waals surface area contributed by atoms with Gasteiger partial charge in [-0.15, -0.1) is 0 Å². The van der Waals surface area contributed by atoms with E-state index < -0.39 is 28.7 Å². The summed E-state index contributed by atoms with van der Waals surface area (Å²) >= 11 is 0. The summed E-state index contributed by atoms with van der Waals surface area (Å²) in [5, 5.41) is 0. The summed E-state index contributed by atoms with van der Waals surface area (Å²) in [4.78, 5) is 17.5. The van der Waals surface area contributed by atoms with Crippen LogP contribution < -0.4 is 0 Å². The zero-order chi connectivity index (χ0) is 19.3. The van der Waals surface area contributed by atoms with Crippen molar-refractivity contribution in [2.24, 2.45) is 0 Å². The molecule has 10 heteroatoms. The number of hydrogen-bond donors (Lipinski definition) is 0. The number of benzene rings is 1. The molecule has 0 aliphatic carbocycles. The Balaban J connectivity index is 3.03. The second kappa shape index (κ2) is 8.63. The molecule has 0 saturated heterocycles. The third-order valence-corrected chi connectivity index (χ3v) is 5.13. The van der Waals surface area contributed by atoms with Crippen LogP contribution in [-0.4, -0.2) is 57.1 Å². The smallest absolute Gasteiger partial charge is 0.330 e.